The highest BCUT2D eigenvalue weighted by Gasteiger charge is 2.14. The van der Waals surface area contributed by atoms with Crippen molar-refractivity contribution < 1.29 is 14.3 Å². The van der Waals surface area contributed by atoms with E-state index in [-0.39, 0.29) is 36.1 Å². The number of hydrogen-bond acceptors (Lipinski definition) is 6. The van der Waals surface area contributed by atoms with Crippen molar-refractivity contribution in [2.24, 2.45) is 0 Å². The lowest BCUT2D eigenvalue weighted by Gasteiger charge is -2.14. The number of carbonyl (C=O) groups is 2. The van der Waals surface area contributed by atoms with Crippen LogP contribution in [0.25, 0.3) is 0 Å². The molecule has 1 unspecified atom stereocenters. The molecule has 29 heavy (non-hydrogen) atoms. The average molecular weight is 410 g/mol. The minimum Gasteiger partial charge on any atom is -0.364 e. The van der Waals surface area contributed by atoms with Gasteiger partial charge in [0.05, 0.1) is 6.04 Å². The first-order valence-corrected chi connectivity index (χ1v) is 9.95. The summed E-state index contributed by atoms with van der Waals surface area (Å²) in [5, 5.41) is 14.3. The first-order valence-electron chi connectivity index (χ1n) is 9.13. The Balaban J connectivity index is 1.43. The van der Waals surface area contributed by atoms with Crippen molar-refractivity contribution >= 4 is 28.8 Å². The third kappa shape index (κ3) is 6.20. The quantitative estimate of drug-likeness (QED) is 0.593. The summed E-state index contributed by atoms with van der Waals surface area (Å²) in [7, 11) is 0. The minimum absolute atomic E-state index is 0.0956. The Labute approximate surface area is 173 Å². The number of benzene rings is 2. The lowest BCUT2D eigenvalue weighted by Crippen LogP contribution is -2.30. The Morgan fingerprint density at radius 2 is 1.79 bits per heavy atom. The summed E-state index contributed by atoms with van der Waals surface area (Å²) in [6, 6.07) is 17.1. The maximum Gasteiger partial charge on any atom is 0.286 e. The summed E-state index contributed by atoms with van der Waals surface area (Å²) >= 11 is 1.13. The van der Waals surface area contributed by atoms with Crippen LogP contribution in [-0.2, 0) is 16.1 Å². The van der Waals surface area contributed by atoms with E-state index in [9.17, 15) is 9.59 Å². The molecule has 0 saturated carbocycles. The Morgan fingerprint density at radius 3 is 2.52 bits per heavy atom. The highest BCUT2D eigenvalue weighted by molar-refractivity contribution is 7.13. The van der Waals surface area contributed by atoms with Crippen molar-refractivity contribution in [2.45, 2.75) is 26.5 Å². The molecule has 2 N–H and O–H groups in total. The zero-order valence-corrected chi connectivity index (χ0v) is 17.0. The molecule has 0 aliphatic carbocycles. The van der Waals surface area contributed by atoms with Gasteiger partial charge in [-0.1, -0.05) is 59.4 Å². The number of hydrogen-bond donors (Lipinski definition) is 2. The van der Waals surface area contributed by atoms with E-state index in [4.69, 9.17) is 4.74 Å². The van der Waals surface area contributed by atoms with Crippen molar-refractivity contribution in [3.05, 3.63) is 75.7 Å². The van der Waals surface area contributed by atoms with Gasteiger partial charge in [-0.3, -0.25) is 9.59 Å². The standard InChI is InChI=1S/C21H22N4O3S/c1-14-8-10-17(11-9-14)23-20(27)21-25-24-19(29-21)13-28-12-18(26)22-15(2)16-6-4-3-5-7-16/h3-11,15H,12-13H2,1-2H3,(H,22,26)(H,23,27). The summed E-state index contributed by atoms with van der Waals surface area (Å²) in [6.07, 6.45) is 0. The summed E-state index contributed by atoms with van der Waals surface area (Å²) in [5.74, 6) is -0.546. The van der Waals surface area contributed by atoms with Crippen molar-refractivity contribution in [1.29, 1.82) is 0 Å². The van der Waals surface area contributed by atoms with Crippen molar-refractivity contribution in [2.75, 3.05) is 11.9 Å². The van der Waals surface area contributed by atoms with Gasteiger partial charge in [0.15, 0.2) is 0 Å². The molecule has 0 aliphatic rings. The fourth-order valence-electron chi connectivity index (χ4n) is 2.56. The number of nitrogens with zero attached hydrogens (tertiary/aromatic N) is 2. The van der Waals surface area contributed by atoms with Gasteiger partial charge in [-0.15, -0.1) is 10.2 Å². The lowest BCUT2D eigenvalue weighted by molar-refractivity contribution is -0.126. The Kier molecular flexibility index (Phi) is 7.04. The Bertz CT molecular complexity index is 958. The fraction of sp³-hybridized carbons (Fsp3) is 0.238. The molecule has 3 rings (SSSR count). The number of aromatic nitrogens is 2. The molecule has 3 aromatic rings. The van der Waals surface area contributed by atoms with E-state index in [0.717, 1.165) is 22.5 Å². The fourth-order valence-corrected chi connectivity index (χ4v) is 3.24. The lowest BCUT2D eigenvalue weighted by atomic mass is 10.1. The van der Waals surface area contributed by atoms with E-state index in [1.54, 1.807) is 0 Å². The Hall–Kier alpha value is -3.10. The van der Waals surface area contributed by atoms with Gasteiger partial charge in [-0.05, 0) is 31.5 Å². The van der Waals surface area contributed by atoms with Crippen LogP contribution in [0.5, 0.6) is 0 Å². The molecule has 0 bridgehead atoms. The van der Waals surface area contributed by atoms with Gasteiger partial charge in [-0.25, -0.2) is 0 Å². The normalized spacial score (nSPS) is 11.7. The maximum absolute atomic E-state index is 12.2. The number of carbonyl (C=O) groups excluding carboxylic acids is 2. The van der Waals surface area contributed by atoms with Crippen molar-refractivity contribution in [3.63, 3.8) is 0 Å². The van der Waals surface area contributed by atoms with E-state index in [2.05, 4.69) is 20.8 Å². The van der Waals surface area contributed by atoms with Gasteiger partial charge >= 0.3 is 0 Å². The first kappa shape index (κ1) is 20.6. The molecule has 150 valence electrons. The second-order valence-corrected chi connectivity index (χ2v) is 7.58. The zero-order valence-electron chi connectivity index (χ0n) is 16.2. The topological polar surface area (TPSA) is 93.2 Å². The number of anilines is 1. The molecule has 7 nitrogen and oxygen atoms in total. The zero-order chi connectivity index (χ0) is 20.6. The van der Waals surface area contributed by atoms with E-state index in [1.807, 2.05) is 68.4 Å². The average Bonchev–Trinajstić information content (AvgIpc) is 3.19. The van der Waals surface area contributed by atoms with Crippen molar-refractivity contribution in [3.8, 4) is 0 Å². The van der Waals surface area contributed by atoms with E-state index >= 15 is 0 Å². The van der Waals surface area contributed by atoms with Gasteiger partial charge in [0.25, 0.3) is 5.91 Å². The molecule has 0 aliphatic heterocycles. The van der Waals surface area contributed by atoms with Gasteiger partial charge in [0.2, 0.25) is 10.9 Å². The summed E-state index contributed by atoms with van der Waals surface area (Å²) in [6.45, 7) is 3.91. The van der Waals surface area contributed by atoms with E-state index in [0.29, 0.717) is 10.7 Å². The number of ether oxygens (including phenoxy) is 1. The molecule has 1 aromatic heterocycles. The minimum atomic E-state index is -0.327. The maximum atomic E-state index is 12.2. The largest absolute Gasteiger partial charge is 0.364 e. The molecule has 0 radical (unpaired) electrons. The molecule has 0 spiro atoms. The van der Waals surface area contributed by atoms with Crippen LogP contribution in [-0.4, -0.2) is 28.6 Å². The molecule has 2 aromatic carbocycles. The van der Waals surface area contributed by atoms with Gasteiger partial charge < -0.3 is 15.4 Å². The monoisotopic (exact) mass is 410 g/mol. The van der Waals surface area contributed by atoms with Crippen molar-refractivity contribution in [1.82, 2.24) is 15.5 Å². The first-order chi connectivity index (χ1) is 14.0. The molecular weight excluding hydrogens is 388 g/mol. The number of amides is 2. The predicted molar refractivity (Wildman–Crippen MR) is 112 cm³/mol. The number of nitrogens with one attached hydrogen (secondary N) is 2. The smallest absolute Gasteiger partial charge is 0.286 e. The summed E-state index contributed by atoms with van der Waals surface area (Å²) in [4.78, 5) is 24.3. The SMILES string of the molecule is Cc1ccc(NC(=O)c2nnc(COCC(=O)NC(C)c3ccccc3)s2)cc1. The molecule has 0 saturated heterocycles. The number of rotatable bonds is 8. The molecule has 2 amide bonds. The molecular formula is C21H22N4O3S. The third-order valence-electron chi connectivity index (χ3n) is 4.11. The molecule has 0 fully saturated rings. The highest BCUT2D eigenvalue weighted by atomic mass is 32.1. The van der Waals surface area contributed by atoms with Crippen LogP contribution >= 0.6 is 11.3 Å². The Morgan fingerprint density at radius 1 is 1.07 bits per heavy atom. The van der Waals surface area contributed by atoms with Gasteiger partial charge in [-0.2, -0.15) is 0 Å². The van der Waals surface area contributed by atoms with Gasteiger partial charge in [0, 0.05) is 5.69 Å². The van der Waals surface area contributed by atoms with Crippen LogP contribution < -0.4 is 10.6 Å². The second-order valence-electron chi connectivity index (χ2n) is 6.51. The van der Waals surface area contributed by atoms with Crippen LogP contribution in [0.3, 0.4) is 0 Å². The molecule has 1 atom stereocenters. The summed E-state index contributed by atoms with van der Waals surface area (Å²) < 4.78 is 5.41. The molecule has 1 heterocycles. The van der Waals surface area contributed by atoms with Crippen LogP contribution in [0.2, 0.25) is 0 Å². The van der Waals surface area contributed by atoms with Crippen LogP contribution in [0.4, 0.5) is 5.69 Å². The summed E-state index contributed by atoms with van der Waals surface area (Å²) in [5.41, 5.74) is 2.83. The number of aryl methyl sites for hydroxylation is 1. The van der Waals surface area contributed by atoms with Crippen LogP contribution in [0.15, 0.2) is 54.6 Å². The second kappa shape index (κ2) is 9.90. The molecule has 8 heteroatoms. The van der Waals surface area contributed by atoms with Gasteiger partial charge in [0.1, 0.15) is 18.2 Å². The van der Waals surface area contributed by atoms with E-state index in [1.165, 1.54) is 0 Å². The van der Waals surface area contributed by atoms with Crippen LogP contribution in [0.1, 0.15) is 38.9 Å². The van der Waals surface area contributed by atoms with E-state index < -0.39 is 0 Å². The predicted octanol–water partition coefficient (Wildman–Crippen LogP) is 3.49. The third-order valence-corrected chi connectivity index (χ3v) is 5.00. The highest BCUT2D eigenvalue weighted by Crippen LogP contribution is 2.15. The van der Waals surface area contributed by atoms with Crippen LogP contribution in [0, 0.1) is 6.92 Å².